The van der Waals surface area contributed by atoms with Gasteiger partial charge < -0.3 is 29.1 Å². The van der Waals surface area contributed by atoms with E-state index < -0.39 is 17.9 Å². The Hall–Kier alpha value is -4.01. The predicted molar refractivity (Wildman–Crippen MR) is 131 cm³/mol. The molecule has 1 fully saturated rings. The third kappa shape index (κ3) is 6.35. The van der Waals surface area contributed by atoms with Crippen LogP contribution in [0.1, 0.15) is 60.5 Å². The predicted octanol–water partition coefficient (Wildman–Crippen LogP) is 3.83. The van der Waals surface area contributed by atoms with Crippen molar-refractivity contribution in [3.63, 3.8) is 0 Å². The van der Waals surface area contributed by atoms with Crippen LogP contribution in [-0.4, -0.2) is 41.8 Å². The minimum Gasteiger partial charge on any atom is -0.494 e. The summed E-state index contributed by atoms with van der Waals surface area (Å²) in [7, 11) is 0. The van der Waals surface area contributed by atoms with Crippen LogP contribution in [-0.2, 0) is 16.1 Å². The van der Waals surface area contributed by atoms with Crippen molar-refractivity contribution in [2.75, 3.05) is 13.2 Å². The maximum Gasteiger partial charge on any atom is 0.287 e. The molecule has 0 aliphatic heterocycles. The second-order valence-electron chi connectivity index (χ2n) is 8.66. The van der Waals surface area contributed by atoms with E-state index >= 15 is 0 Å². The van der Waals surface area contributed by atoms with Crippen molar-refractivity contribution < 1.29 is 28.0 Å². The van der Waals surface area contributed by atoms with E-state index in [1.807, 2.05) is 6.92 Å². The number of nitrogens with zero attached hydrogens (tertiary/aromatic N) is 1. The fourth-order valence-corrected chi connectivity index (χ4v) is 4.38. The highest BCUT2D eigenvalue weighted by Crippen LogP contribution is 2.27. The van der Waals surface area contributed by atoms with Gasteiger partial charge in [-0.05, 0) is 61.7 Å². The summed E-state index contributed by atoms with van der Waals surface area (Å²) < 4.78 is 16.2. The highest BCUT2D eigenvalue weighted by molar-refractivity contribution is 5.95. The van der Waals surface area contributed by atoms with Gasteiger partial charge in [0.05, 0.1) is 32.2 Å². The van der Waals surface area contributed by atoms with Crippen LogP contribution in [0, 0.1) is 0 Å². The van der Waals surface area contributed by atoms with Crippen LogP contribution >= 0.6 is 0 Å². The fourth-order valence-electron chi connectivity index (χ4n) is 4.38. The standard InChI is InChI=1S/C27H31N3O6/c1-2-34-21-13-11-19(12-14-21)25(27(33)29-20-7-3-4-8-20)30(18-22-9-5-15-35-22)24(31)17-28-26(32)23-10-6-16-36-23/h5-6,9-16,20,25H,2-4,7-8,17-18H2,1H3,(H,28,32)(H,29,33). The van der Waals surface area contributed by atoms with E-state index in [0.29, 0.717) is 23.7 Å². The summed E-state index contributed by atoms with van der Waals surface area (Å²) in [4.78, 5) is 40.9. The Morgan fingerprint density at radius 1 is 1.03 bits per heavy atom. The van der Waals surface area contributed by atoms with Crippen molar-refractivity contribution in [1.29, 1.82) is 0 Å². The third-order valence-electron chi connectivity index (χ3n) is 6.14. The summed E-state index contributed by atoms with van der Waals surface area (Å²) in [5.41, 5.74) is 0.631. The summed E-state index contributed by atoms with van der Waals surface area (Å²) in [6, 6.07) is 12.8. The van der Waals surface area contributed by atoms with Crippen LogP contribution in [0.3, 0.4) is 0 Å². The molecule has 2 N–H and O–H groups in total. The summed E-state index contributed by atoms with van der Waals surface area (Å²) in [5, 5.41) is 5.71. The van der Waals surface area contributed by atoms with Crippen LogP contribution in [0.5, 0.6) is 5.75 Å². The first-order valence-corrected chi connectivity index (χ1v) is 12.2. The summed E-state index contributed by atoms with van der Waals surface area (Å²) >= 11 is 0. The number of hydrogen-bond donors (Lipinski definition) is 2. The van der Waals surface area contributed by atoms with Crippen molar-refractivity contribution in [2.24, 2.45) is 0 Å². The number of hydrogen-bond acceptors (Lipinski definition) is 6. The van der Waals surface area contributed by atoms with Crippen molar-refractivity contribution in [3.05, 3.63) is 78.1 Å². The number of carbonyl (C=O) groups excluding carboxylic acids is 3. The SMILES string of the molecule is CCOc1ccc(C(C(=O)NC2CCCC2)N(Cc2ccco2)C(=O)CNC(=O)c2ccco2)cc1. The zero-order valence-electron chi connectivity index (χ0n) is 20.3. The molecular weight excluding hydrogens is 462 g/mol. The highest BCUT2D eigenvalue weighted by atomic mass is 16.5. The van der Waals surface area contributed by atoms with Gasteiger partial charge in [-0.1, -0.05) is 25.0 Å². The molecule has 0 radical (unpaired) electrons. The minimum absolute atomic E-state index is 0.0540. The van der Waals surface area contributed by atoms with Gasteiger partial charge in [0.25, 0.3) is 5.91 Å². The van der Waals surface area contributed by atoms with Gasteiger partial charge in [0.1, 0.15) is 17.6 Å². The number of ether oxygens (including phenoxy) is 1. The van der Waals surface area contributed by atoms with Gasteiger partial charge in [0.2, 0.25) is 11.8 Å². The molecule has 2 aromatic heterocycles. The molecule has 0 saturated heterocycles. The van der Waals surface area contributed by atoms with E-state index in [2.05, 4.69) is 10.6 Å². The van der Waals surface area contributed by atoms with E-state index in [9.17, 15) is 14.4 Å². The van der Waals surface area contributed by atoms with E-state index in [1.165, 1.54) is 23.5 Å². The van der Waals surface area contributed by atoms with Crippen molar-refractivity contribution in [1.82, 2.24) is 15.5 Å². The summed E-state index contributed by atoms with van der Waals surface area (Å²) in [5.74, 6) is 0.0629. The topological polar surface area (TPSA) is 114 Å². The molecule has 2 heterocycles. The minimum atomic E-state index is -0.931. The van der Waals surface area contributed by atoms with Gasteiger partial charge in [-0.2, -0.15) is 0 Å². The molecule has 1 unspecified atom stereocenters. The first-order valence-electron chi connectivity index (χ1n) is 12.2. The Labute approximate surface area is 209 Å². The van der Waals surface area contributed by atoms with Crippen molar-refractivity contribution >= 4 is 17.7 Å². The average molecular weight is 494 g/mol. The van der Waals surface area contributed by atoms with Crippen LogP contribution in [0.4, 0.5) is 0 Å². The van der Waals surface area contributed by atoms with Crippen molar-refractivity contribution in [2.45, 2.75) is 51.2 Å². The second-order valence-corrected chi connectivity index (χ2v) is 8.66. The first-order chi connectivity index (χ1) is 17.5. The van der Waals surface area contributed by atoms with Crippen molar-refractivity contribution in [3.8, 4) is 5.75 Å². The maximum absolute atomic E-state index is 13.6. The lowest BCUT2D eigenvalue weighted by atomic mass is 10.0. The highest BCUT2D eigenvalue weighted by Gasteiger charge is 2.34. The zero-order chi connectivity index (χ0) is 25.3. The Morgan fingerprint density at radius 3 is 2.39 bits per heavy atom. The molecule has 1 saturated carbocycles. The van der Waals surface area contributed by atoms with Gasteiger partial charge in [0.15, 0.2) is 5.76 Å². The third-order valence-corrected chi connectivity index (χ3v) is 6.14. The summed E-state index contributed by atoms with van der Waals surface area (Å²) in [6.45, 7) is 2.15. The van der Waals surface area contributed by atoms with Crippen LogP contribution < -0.4 is 15.4 Å². The lowest BCUT2D eigenvalue weighted by Gasteiger charge is -2.32. The molecule has 1 aliphatic carbocycles. The second kappa shape index (κ2) is 12.1. The Bertz CT molecular complexity index is 1120. The number of nitrogens with one attached hydrogen (secondary N) is 2. The molecule has 3 amide bonds. The Kier molecular flexibility index (Phi) is 8.44. The molecular formula is C27H31N3O6. The number of rotatable bonds is 11. The van der Waals surface area contributed by atoms with Crippen LogP contribution in [0.25, 0.3) is 0 Å². The van der Waals surface area contributed by atoms with E-state index in [4.69, 9.17) is 13.6 Å². The smallest absolute Gasteiger partial charge is 0.287 e. The number of benzene rings is 1. The van der Waals surface area contributed by atoms with E-state index in [0.717, 1.165) is 25.7 Å². The van der Waals surface area contributed by atoms with Gasteiger partial charge in [-0.15, -0.1) is 0 Å². The molecule has 1 atom stereocenters. The Balaban J connectivity index is 1.61. The number of amides is 3. The normalized spacial score (nSPS) is 14.2. The molecule has 1 aromatic carbocycles. The van der Waals surface area contributed by atoms with Crippen LogP contribution in [0.15, 0.2) is 69.9 Å². The van der Waals surface area contributed by atoms with E-state index in [-0.39, 0.29) is 30.8 Å². The van der Waals surface area contributed by atoms with E-state index in [1.54, 1.807) is 42.5 Å². The molecule has 9 heteroatoms. The van der Waals surface area contributed by atoms with Gasteiger partial charge in [0, 0.05) is 6.04 Å². The average Bonchev–Trinajstić information content (AvgIpc) is 3.67. The molecule has 1 aliphatic rings. The molecule has 36 heavy (non-hydrogen) atoms. The molecule has 4 rings (SSSR count). The van der Waals surface area contributed by atoms with Gasteiger partial charge >= 0.3 is 0 Å². The lowest BCUT2D eigenvalue weighted by Crippen LogP contribution is -2.48. The number of furan rings is 2. The molecule has 0 bridgehead atoms. The Morgan fingerprint density at radius 2 is 1.75 bits per heavy atom. The largest absolute Gasteiger partial charge is 0.494 e. The monoisotopic (exact) mass is 493 g/mol. The van der Waals surface area contributed by atoms with Gasteiger partial charge in [-0.25, -0.2) is 0 Å². The molecule has 9 nitrogen and oxygen atoms in total. The molecule has 190 valence electrons. The molecule has 3 aromatic rings. The molecule has 0 spiro atoms. The fraction of sp³-hybridized carbons (Fsp3) is 0.370. The summed E-state index contributed by atoms with van der Waals surface area (Å²) in [6.07, 6.45) is 6.84. The number of carbonyl (C=O) groups is 3. The van der Waals surface area contributed by atoms with Gasteiger partial charge in [-0.3, -0.25) is 14.4 Å². The maximum atomic E-state index is 13.6. The first kappa shape index (κ1) is 25.1. The van der Waals surface area contributed by atoms with Crippen LogP contribution in [0.2, 0.25) is 0 Å². The quantitative estimate of drug-likeness (QED) is 0.420. The zero-order valence-corrected chi connectivity index (χ0v) is 20.3. The lowest BCUT2D eigenvalue weighted by molar-refractivity contribution is -0.141.